The molecule has 7 heteroatoms. The molecule has 116 valence electrons. The highest BCUT2D eigenvalue weighted by molar-refractivity contribution is 7.89. The van der Waals surface area contributed by atoms with Crippen molar-refractivity contribution in [1.29, 1.82) is 0 Å². The Morgan fingerprint density at radius 3 is 2.24 bits per heavy atom. The highest BCUT2D eigenvalue weighted by atomic mass is 32.2. The largest absolute Gasteiger partial charge is 0.277 e. The van der Waals surface area contributed by atoms with Crippen LogP contribution in [0, 0.1) is 0 Å². The summed E-state index contributed by atoms with van der Waals surface area (Å²) in [5, 5.41) is 1.09. The van der Waals surface area contributed by atoms with E-state index in [9.17, 15) is 13.2 Å². The third-order valence-electron chi connectivity index (χ3n) is 3.61. The zero-order chi connectivity index (χ0) is 15.5. The molecule has 0 saturated carbocycles. The monoisotopic (exact) mass is 312 g/mol. The number of carbonyl (C=O) groups excluding carboxylic acids is 1. The Hall–Kier alpha value is -1.44. The van der Waals surface area contributed by atoms with Gasteiger partial charge >= 0.3 is 0 Å². The number of nitrogens with zero attached hydrogens (tertiary/aromatic N) is 2. The molecule has 1 amide bonds. The summed E-state index contributed by atoms with van der Waals surface area (Å²) < 4.78 is 26.4. The van der Waals surface area contributed by atoms with Crippen LogP contribution in [0.15, 0.2) is 29.2 Å². The first kappa shape index (κ1) is 15.9. The van der Waals surface area contributed by atoms with Gasteiger partial charge in [0.1, 0.15) is 0 Å². The van der Waals surface area contributed by atoms with Gasteiger partial charge in [0.2, 0.25) is 10.0 Å². The van der Waals surface area contributed by atoms with Crippen LogP contribution in [0.4, 0.5) is 0 Å². The van der Waals surface area contributed by atoms with E-state index in [1.807, 2.05) is 0 Å². The number of hydrogen-bond acceptors (Lipinski definition) is 4. The van der Waals surface area contributed by atoms with Crippen molar-refractivity contribution in [3.8, 4) is 0 Å². The van der Waals surface area contributed by atoms with Crippen LogP contribution in [0.25, 0.3) is 0 Å². The Balaban J connectivity index is 2.20. The average Bonchev–Trinajstić information content (AvgIpc) is 2.54. The summed E-state index contributed by atoms with van der Waals surface area (Å²) in [4.78, 5) is 16.9. The summed E-state index contributed by atoms with van der Waals surface area (Å²) in [6.07, 6.45) is 2.87. The highest BCUT2D eigenvalue weighted by Crippen LogP contribution is 2.21. The summed E-state index contributed by atoms with van der Waals surface area (Å²) in [7, 11) is -0.556. The van der Waals surface area contributed by atoms with Crippen LogP contribution in [0.2, 0.25) is 0 Å². The zero-order valence-electron chi connectivity index (χ0n) is 12.3. The number of piperidine rings is 1. The molecule has 0 atom stereocenters. The molecule has 0 spiro atoms. The second-order valence-corrected chi connectivity index (χ2v) is 6.91. The second-order valence-electron chi connectivity index (χ2n) is 4.97. The molecule has 0 unspecified atom stereocenters. The van der Waals surface area contributed by atoms with Crippen LogP contribution in [-0.4, -0.2) is 50.9 Å². The average molecular weight is 312 g/mol. The predicted octanol–water partition coefficient (Wildman–Crippen LogP) is 1.49. The van der Waals surface area contributed by atoms with Crippen molar-refractivity contribution in [3.05, 3.63) is 29.8 Å². The first-order chi connectivity index (χ1) is 9.96. The van der Waals surface area contributed by atoms with Gasteiger partial charge in [0.15, 0.2) is 0 Å². The van der Waals surface area contributed by atoms with Crippen LogP contribution in [-0.2, 0) is 14.9 Å². The van der Waals surface area contributed by atoms with E-state index in [4.69, 9.17) is 4.84 Å². The van der Waals surface area contributed by atoms with Gasteiger partial charge < -0.3 is 0 Å². The Bertz CT molecular complexity index is 592. The predicted molar refractivity (Wildman–Crippen MR) is 78.2 cm³/mol. The zero-order valence-corrected chi connectivity index (χ0v) is 13.1. The molecule has 1 aromatic rings. The van der Waals surface area contributed by atoms with Crippen molar-refractivity contribution in [2.75, 3.05) is 27.2 Å². The van der Waals surface area contributed by atoms with Crippen molar-refractivity contribution in [1.82, 2.24) is 9.37 Å². The van der Waals surface area contributed by atoms with Crippen LogP contribution >= 0.6 is 0 Å². The van der Waals surface area contributed by atoms with Gasteiger partial charge in [-0.05, 0) is 37.1 Å². The molecule has 0 N–H and O–H groups in total. The fraction of sp³-hybridized carbons (Fsp3) is 0.500. The standard InChI is InChI=1S/C14H20N2O4S/c1-15(20-2)14(17)12-6-8-13(9-7-12)21(18,19)16-10-4-3-5-11-16/h6-9H,3-5,10-11H2,1-2H3. The summed E-state index contributed by atoms with van der Waals surface area (Å²) in [5.41, 5.74) is 0.386. The fourth-order valence-electron chi connectivity index (χ4n) is 2.29. The van der Waals surface area contributed by atoms with Gasteiger partial charge in [-0.15, -0.1) is 0 Å². The molecule has 6 nitrogen and oxygen atoms in total. The van der Waals surface area contributed by atoms with Gasteiger partial charge in [0, 0.05) is 25.7 Å². The van der Waals surface area contributed by atoms with Crippen LogP contribution in [0.1, 0.15) is 29.6 Å². The van der Waals surface area contributed by atoms with Crippen molar-refractivity contribution in [2.24, 2.45) is 0 Å². The topological polar surface area (TPSA) is 66.9 Å². The van der Waals surface area contributed by atoms with E-state index in [1.165, 1.54) is 42.7 Å². The summed E-state index contributed by atoms with van der Waals surface area (Å²) in [5.74, 6) is -0.320. The Kier molecular flexibility index (Phi) is 4.97. The van der Waals surface area contributed by atoms with E-state index in [0.29, 0.717) is 18.7 Å². The lowest BCUT2D eigenvalue weighted by atomic mass is 10.2. The fourth-order valence-corrected chi connectivity index (χ4v) is 3.81. The van der Waals surface area contributed by atoms with Crippen LogP contribution in [0.5, 0.6) is 0 Å². The molecule has 2 rings (SSSR count). The minimum atomic E-state index is -3.45. The first-order valence-electron chi connectivity index (χ1n) is 6.89. The lowest BCUT2D eigenvalue weighted by Gasteiger charge is -2.25. The van der Waals surface area contributed by atoms with E-state index in [2.05, 4.69) is 0 Å². The number of benzene rings is 1. The molecule has 1 aromatic carbocycles. The molecule has 1 heterocycles. The molecule has 0 aliphatic carbocycles. The molecule has 1 fully saturated rings. The Labute approximate surface area is 125 Å². The molecule has 1 saturated heterocycles. The quantitative estimate of drug-likeness (QED) is 0.790. The van der Waals surface area contributed by atoms with E-state index < -0.39 is 10.0 Å². The number of sulfonamides is 1. The minimum absolute atomic E-state index is 0.223. The summed E-state index contributed by atoms with van der Waals surface area (Å²) >= 11 is 0. The normalized spacial score (nSPS) is 16.7. The van der Waals surface area contributed by atoms with Gasteiger partial charge in [0.25, 0.3) is 5.91 Å². The maximum atomic E-state index is 12.5. The molecule has 0 bridgehead atoms. The van der Waals surface area contributed by atoms with Crippen LogP contribution < -0.4 is 0 Å². The molecule has 1 aliphatic rings. The van der Waals surface area contributed by atoms with E-state index in [0.717, 1.165) is 24.3 Å². The van der Waals surface area contributed by atoms with Crippen molar-refractivity contribution < 1.29 is 18.0 Å². The lowest BCUT2D eigenvalue weighted by Crippen LogP contribution is -2.35. The number of carbonyl (C=O) groups is 1. The molecule has 0 aromatic heterocycles. The van der Waals surface area contributed by atoms with Gasteiger partial charge in [-0.3, -0.25) is 9.63 Å². The molecule has 1 aliphatic heterocycles. The van der Waals surface area contributed by atoms with Crippen molar-refractivity contribution in [2.45, 2.75) is 24.2 Å². The van der Waals surface area contributed by atoms with Crippen molar-refractivity contribution >= 4 is 15.9 Å². The van der Waals surface area contributed by atoms with Gasteiger partial charge in [0.05, 0.1) is 12.0 Å². The highest BCUT2D eigenvalue weighted by Gasteiger charge is 2.26. The Morgan fingerprint density at radius 1 is 1.14 bits per heavy atom. The minimum Gasteiger partial charge on any atom is -0.274 e. The first-order valence-corrected chi connectivity index (χ1v) is 8.33. The Morgan fingerprint density at radius 2 is 1.71 bits per heavy atom. The van der Waals surface area contributed by atoms with Gasteiger partial charge in [-0.25, -0.2) is 13.5 Å². The summed E-state index contributed by atoms with van der Waals surface area (Å²) in [6.45, 7) is 1.13. The molecule has 0 radical (unpaired) electrons. The van der Waals surface area contributed by atoms with Gasteiger partial charge in [-0.1, -0.05) is 6.42 Å². The van der Waals surface area contributed by atoms with Crippen molar-refractivity contribution in [3.63, 3.8) is 0 Å². The SMILES string of the molecule is CON(C)C(=O)c1ccc(S(=O)(=O)N2CCCCC2)cc1. The summed E-state index contributed by atoms with van der Waals surface area (Å²) in [6, 6.07) is 5.96. The lowest BCUT2D eigenvalue weighted by molar-refractivity contribution is -0.0757. The van der Waals surface area contributed by atoms with Crippen LogP contribution in [0.3, 0.4) is 0 Å². The molecular weight excluding hydrogens is 292 g/mol. The number of hydrogen-bond donors (Lipinski definition) is 0. The second kappa shape index (κ2) is 6.55. The maximum Gasteiger partial charge on any atom is 0.277 e. The molecular formula is C14H20N2O4S. The third-order valence-corrected chi connectivity index (χ3v) is 5.53. The van der Waals surface area contributed by atoms with E-state index >= 15 is 0 Å². The number of rotatable bonds is 4. The number of amides is 1. The van der Waals surface area contributed by atoms with Gasteiger partial charge in [-0.2, -0.15) is 4.31 Å². The third kappa shape index (κ3) is 3.42. The number of hydroxylamine groups is 2. The van der Waals surface area contributed by atoms with E-state index in [-0.39, 0.29) is 10.8 Å². The maximum absolute atomic E-state index is 12.5. The van der Waals surface area contributed by atoms with E-state index in [1.54, 1.807) is 0 Å². The molecule has 21 heavy (non-hydrogen) atoms. The smallest absolute Gasteiger partial charge is 0.274 e.